The number of hydrogen-bond acceptors (Lipinski definition) is 3. The van der Waals surface area contributed by atoms with E-state index in [1.807, 2.05) is 32.0 Å². The summed E-state index contributed by atoms with van der Waals surface area (Å²) in [6.45, 7) is 3.68. The molecule has 0 heterocycles. The largest absolute Gasteiger partial charge is 0.480 e. The fourth-order valence-corrected chi connectivity index (χ4v) is 2.10. The van der Waals surface area contributed by atoms with Gasteiger partial charge in [0.05, 0.1) is 0 Å². The number of aliphatic hydroxyl groups excluding tert-OH is 1. The van der Waals surface area contributed by atoms with Crippen LogP contribution in [0.3, 0.4) is 0 Å². The number of amides is 2. The van der Waals surface area contributed by atoms with Crippen LogP contribution in [0.5, 0.6) is 0 Å². The van der Waals surface area contributed by atoms with Gasteiger partial charge in [-0.05, 0) is 24.0 Å². The molecule has 4 N–H and O–H groups in total. The first-order valence-corrected chi connectivity index (χ1v) is 7.05. The Bertz CT molecular complexity index is 480. The fraction of sp³-hybridized carbons (Fsp3) is 0.467. The number of benzene rings is 1. The van der Waals surface area contributed by atoms with E-state index in [2.05, 4.69) is 10.6 Å². The predicted molar refractivity (Wildman–Crippen MR) is 80.5 cm³/mol. The number of aliphatic carboxylic acids is 1. The van der Waals surface area contributed by atoms with Crippen LogP contribution in [0.4, 0.5) is 10.5 Å². The van der Waals surface area contributed by atoms with Crippen LogP contribution in [0.25, 0.3) is 0 Å². The van der Waals surface area contributed by atoms with E-state index in [0.29, 0.717) is 0 Å². The van der Waals surface area contributed by atoms with Gasteiger partial charge in [0, 0.05) is 18.7 Å². The topological polar surface area (TPSA) is 98.7 Å². The van der Waals surface area contributed by atoms with E-state index in [9.17, 15) is 9.59 Å². The van der Waals surface area contributed by atoms with Crippen molar-refractivity contribution in [1.29, 1.82) is 0 Å². The second kappa shape index (κ2) is 8.26. The minimum Gasteiger partial charge on any atom is -0.480 e. The fourth-order valence-electron chi connectivity index (χ4n) is 2.10. The molecule has 2 amide bonds. The minimum absolute atomic E-state index is 0.0290. The van der Waals surface area contributed by atoms with Crippen LogP contribution >= 0.6 is 0 Å². The van der Waals surface area contributed by atoms with Crippen LogP contribution in [-0.4, -0.2) is 34.9 Å². The van der Waals surface area contributed by atoms with Crippen molar-refractivity contribution in [2.24, 2.45) is 0 Å². The zero-order chi connectivity index (χ0) is 15.8. The zero-order valence-electron chi connectivity index (χ0n) is 12.3. The summed E-state index contributed by atoms with van der Waals surface area (Å²) in [5.41, 5.74) is 2.73. The first-order valence-electron chi connectivity index (χ1n) is 7.05. The van der Waals surface area contributed by atoms with E-state index < -0.39 is 18.0 Å². The number of aryl methyl sites for hydroxylation is 2. The first kappa shape index (κ1) is 17.0. The quantitative estimate of drug-likeness (QED) is 0.616. The highest BCUT2D eigenvalue weighted by molar-refractivity contribution is 5.93. The summed E-state index contributed by atoms with van der Waals surface area (Å²) in [5, 5.41) is 22.9. The second-order valence-corrected chi connectivity index (χ2v) is 4.66. The van der Waals surface area contributed by atoms with Crippen molar-refractivity contribution < 1.29 is 19.8 Å². The van der Waals surface area contributed by atoms with Gasteiger partial charge in [0.2, 0.25) is 0 Å². The number of para-hydroxylation sites is 1. The Hall–Kier alpha value is -2.08. The molecular weight excluding hydrogens is 272 g/mol. The molecule has 6 heteroatoms. The molecule has 0 spiro atoms. The summed E-state index contributed by atoms with van der Waals surface area (Å²) in [4.78, 5) is 22.9. The molecule has 0 aliphatic heterocycles. The zero-order valence-corrected chi connectivity index (χ0v) is 12.3. The molecular formula is C15H22N2O4. The molecule has 0 fully saturated rings. The Kier molecular flexibility index (Phi) is 6.68. The number of carboxylic acids is 1. The van der Waals surface area contributed by atoms with Gasteiger partial charge in [0.1, 0.15) is 6.04 Å². The molecule has 0 aliphatic rings. The van der Waals surface area contributed by atoms with Crippen molar-refractivity contribution in [3.05, 3.63) is 29.3 Å². The molecule has 6 nitrogen and oxygen atoms in total. The van der Waals surface area contributed by atoms with Crippen molar-refractivity contribution in [3.63, 3.8) is 0 Å². The summed E-state index contributed by atoms with van der Waals surface area (Å²) in [6, 6.07) is 4.11. The Morgan fingerprint density at radius 3 is 2.19 bits per heavy atom. The SMILES string of the molecule is CCc1cccc(CC)c1NC(=O)N[C@H](CCO)C(=O)O. The molecule has 0 aromatic heterocycles. The van der Waals surface area contributed by atoms with Crippen LogP contribution in [0.15, 0.2) is 18.2 Å². The highest BCUT2D eigenvalue weighted by Crippen LogP contribution is 2.22. The lowest BCUT2D eigenvalue weighted by Gasteiger charge is -2.17. The highest BCUT2D eigenvalue weighted by Gasteiger charge is 2.20. The number of aliphatic hydroxyl groups is 1. The van der Waals surface area contributed by atoms with Crippen molar-refractivity contribution in [2.45, 2.75) is 39.2 Å². The molecule has 0 aliphatic carbocycles. The van der Waals surface area contributed by atoms with Gasteiger partial charge in [0.15, 0.2) is 0 Å². The maximum atomic E-state index is 12.0. The van der Waals surface area contributed by atoms with Gasteiger partial charge >= 0.3 is 12.0 Å². The van der Waals surface area contributed by atoms with Gasteiger partial charge in [-0.1, -0.05) is 32.0 Å². The molecule has 0 bridgehead atoms. The summed E-state index contributed by atoms with van der Waals surface area (Å²) >= 11 is 0. The number of rotatable bonds is 7. The normalized spacial score (nSPS) is 11.8. The van der Waals surface area contributed by atoms with Crippen molar-refractivity contribution in [1.82, 2.24) is 5.32 Å². The molecule has 1 rings (SSSR count). The first-order chi connectivity index (χ1) is 10.0. The van der Waals surface area contributed by atoms with Crippen LogP contribution in [-0.2, 0) is 17.6 Å². The van der Waals surface area contributed by atoms with Gasteiger partial charge in [-0.15, -0.1) is 0 Å². The number of anilines is 1. The summed E-state index contributed by atoms with van der Waals surface area (Å²) in [5.74, 6) is -1.17. The molecule has 0 unspecified atom stereocenters. The average Bonchev–Trinajstić information content (AvgIpc) is 2.46. The van der Waals surface area contributed by atoms with Crippen LogP contribution in [0, 0.1) is 0 Å². The number of urea groups is 1. The van der Waals surface area contributed by atoms with Gasteiger partial charge in [-0.25, -0.2) is 9.59 Å². The Balaban J connectivity index is 2.85. The van der Waals surface area contributed by atoms with Crippen molar-refractivity contribution >= 4 is 17.7 Å². The molecule has 1 aromatic rings. The maximum Gasteiger partial charge on any atom is 0.326 e. The summed E-state index contributed by atoms with van der Waals surface area (Å²) in [7, 11) is 0. The lowest BCUT2D eigenvalue weighted by molar-refractivity contribution is -0.139. The summed E-state index contributed by atoms with van der Waals surface area (Å²) < 4.78 is 0. The molecule has 21 heavy (non-hydrogen) atoms. The van der Waals surface area contributed by atoms with E-state index in [-0.39, 0.29) is 13.0 Å². The van der Waals surface area contributed by atoms with E-state index in [1.54, 1.807) is 0 Å². The standard InChI is InChI=1S/C15H22N2O4/c1-3-10-6-5-7-11(4-2)13(10)17-15(21)16-12(8-9-18)14(19)20/h5-7,12,18H,3-4,8-9H2,1-2H3,(H,19,20)(H2,16,17,21)/t12-/m1/s1. The average molecular weight is 294 g/mol. The third-order valence-electron chi connectivity index (χ3n) is 3.26. The van der Waals surface area contributed by atoms with Crippen LogP contribution in [0.2, 0.25) is 0 Å². The smallest absolute Gasteiger partial charge is 0.326 e. The molecule has 1 aromatic carbocycles. The van der Waals surface area contributed by atoms with Crippen molar-refractivity contribution in [2.75, 3.05) is 11.9 Å². The molecule has 0 saturated carbocycles. The Morgan fingerprint density at radius 1 is 1.19 bits per heavy atom. The highest BCUT2D eigenvalue weighted by atomic mass is 16.4. The third kappa shape index (κ3) is 4.75. The van der Waals surface area contributed by atoms with E-state index >= 15 is 0 Å². The number of carbonyl (C=O) groups excluding carboxylic acids is 1. The van der Waals surface area contributed by atoms with Gasteiger partial charge in [-0.2, -0.15) is 0 Å². The van der Waals surface area contributed by atoms with E-state index in [1.165, 1.54) is 0 Å². The number of nitrogens with one attached hydrogen (secondary N) is 2. The third-order valence-corrected chi connectivity index (χ3v) is 3.26. The molecule has 1 atom stereocenters. The Labute approximate surface area is 124 Å². The summed E-state index contributed by atoms with van der Waals surface area (Å²) in [6.07, 6.45) is 1.50. The molecule has 0 saturated heterocycles. The van der Waals surface area contributed by atoms with Crippen molar-refractivity contribution in [3.8, 4) is 0 Å². The van der Waals surface area contributed by atoms with Gasteiger partial charge in [-0.3, -0.25) is 0 Å². The van der Waals surface area contributed by atoms with Gasteiger partial charge in [0.25, 0.3) is 0 Å². The van der Waals surface area contributed by atoms with E-state index in [0.717, 1.165) is 29.7 Å². The van der Waals surface area contributed by atoms with E-state index in [4.69, 9.17) is 10.2 Å². The Morgan fingerprint density at radius 2 is 1.76 bits per heavy atom. The number of carboxylic acid groups (broad SMARTS) is 1. The molecule has 116 valence electrons. The van der Waals surface area contributed by atoms with Crippen LogP contribution < -0.4 is 10.6 Å². The lowest BCUT2D eigenvalue weighted by atomic mass is 10.0. The second-order valence-electron chi connectivity index (χ2n) is 4.66. The lowest BCUT2D eigenvalue weighted by Crippen LogP contribution is -2.43. The van der Waals surface area contributed by atoms with Gasteiger partial charge < -0.3 is 20.8 Å². The van der Waals surface area contributed by atoms with Crippen LogP contribution in [0.1, 0.15) is 31.4 Å². The number of carbonyl (C=O) groups is 2. The predicted octanol–water partition coefficient (Wildman–Crippen LogP) is 1.77. The molecule has 0 radical (unpaired) electrons. The number of hydrogen-bond donors (Lipinski definition) is 4. The maximum absolute atomic E-state index is 12.0. The minimum atomic E-state index is -1.17. The monoisotopic (exact) mass is 294 g/mol.